The molecule has 1 unspecified atom stereocenters. The Labute approximate surface area is 80.7 Å². The van der Waals surface area contributed by atoms with E-state index in [1.54, 1.807) is 0 Å². The molecule has 4 nitrogen and oxygen atoms in total. The van der Waals surface area contributed by atoms with Crippen LogP contribution in [0.4, 0.5) is 0 Å². The van der Waals surface area contributed by atoms with Crippen LogP contribution in [0.25, 0.3) is 0 Å². The van der Waals surface area contributed by atoms with Crippen molar-refractivity contribution in [1.29, 1.82) is 0 Å². The van der Waals surface area contributed by atoms with E-state index in [0.717, 1.165) is 10.7 Å². The van der Waals surface area contributed by atoms with Crippen molar-refractivity contribution in [3.8, 4) is 0 Å². The van der Waals surface area contributed by atoms with Gasteiger partial charge in [-0.25, -0.2) is 4.98 Å². The molecule has 0 aliphatic heterocycles. The molecule has 1 heterocycles. The van der Waals surface area contributed by atoms with E-state index in [1.165, 1.54) is 18.4 Å². The number of methoxy groups -OCH3 is 1. The zero-order valence-electron chi connectivity index (χ0n) is 7.61. The van der Waals surface area contributed by atoms with Gasteiger partial charge < -0.3 is 10.5 Å². The molecular formula is C8H12N2O2S. The predicted molar refractivity (Wildman–Crippen MR) is 50.4 cm³/mol. The fourth-order valence-electron chi connectivity index (χ4n) is 0.918. The van der Waals surface area contributed by atoms with Crippen molar-refractivity contribution in [2.24, 2.45) is 5.73 Å². The van der Waals surface area contributed by atoms with E-state index < -0.39 is 0 Å². The Morgan fingerprint density at radius 3 is 3.00 bits per heavy atom. The number of aromatic nitrogens is 1. The summed E-state index contributed by atoms with van der Waals surface area (Å²) in [6.45, 7) is 1.90. The molecule has 0 fully saturated rings. The van der Waals surface area contributed by atoms with Crippen LogP contribution in [-0.2, 0) is 9.53 Å². The number of nitrogens with two attached hydrogens (primary N) is 1. The minimum absolute atomic E-state index is 0.180. The van der Waals surface area contributed by atoms with E-state index in [2.05, 4.69) is 9.72 Å². The Bertz CT molecular complexity index is 298. The molecule has 0 aliphatic rings. The largest absolute Gasteiger partial charge is 0.469 e. The highest BCUT2D eigenvalue weighted by Crippen LogP contribution is 2.16. The number of hydrogen-bond acceptors (Lipinski definition) is 5. The maximum absolute atomic E-state index is 10.9. The summed E-state index contributed by atoms with van der Waals surface area (Å²) in [5, 5.41) is 2.82. The van der Waals surface area contributed by atoms with Gasteiger partial charge in [0.05, 0.1) is 30.3 Å². The first kappa shape index (κ1) is 10.1. The highest BCUT2D eigenvalue weighted by atomic mass is 32.1. The second-order valence-electron chi connectivity index (χ2n) is 2.68. The maximum Gasteiger partial charge on any atom is 0.307 e. The lowest BCUT2D eigenvalue weighted by Crippen LogP contribution is -2.16. The fourth-order valence-corrected chi connectivity index (χ4v) is 1.59. The summed E-state index contributed by atoms with van der Waals surface area (Å²) in [6.07, 6.45) is 0.180. The third-order valence-corrected chi connectivity index (χ3v) is 2.42. The molecule has 1 aromatic rings. The Hall–Kier alpha value is -0.940. The second-order valence-corrected chi connectivity index (χ2v) is 3.74. The minimum Gasteiger partial charge on any atom is -0.469 e. The maximum atomic E-state index is 10.9. The zero-order chi connectivity index (χ0) is 9.84. The fraction of sp³-hybridized carbons (Fsp3) is 0.500. The number of carbonyl (C=O) groups excluding carboxylic acids is 1. The van der Waals surface area contributed by atoms with Crippen molar-refractivity contribution >= 4 is 17.3 Å². The monoisotopic (exact) mass is 200 g/mol. The van der Waals surface area contributed by atoms with Crippen LogP contribution in [0.2, 0.25) is 0 Å². The normalized spacial score (nSPS) is 12.5. The van der Waals surface area contributed by atoms with E-state index >= 15 is 0 Å². The summed E-state index contributed by atoms with van der Waals surface area (Å²) >= 11 is 1.52. The van der Waals surface area contributed by atoms with Gasteiger partial charge >= 0.3 is 5.97 Å². The van der Waals surface area contributed by atoms with Crippen molar-refractivity contribution in [2.45, 2.75) is 19.4 Å². The van der Waals surface area contributed by atoms with E-state index in [9.17, 15) is 4.79 Å². The van der Waals surface area contributed by atoms with Crippen molar-refractivity contribution in [1.82, 2.24) is 4.98 Å². The lowest BCUT2D eigenvalue weighted by Gasteiger charge is -2.05. The number of hydrogen-bond donors (Lipinski definition) is 1. The molecule has 2 N–H and O–H groups in total. The summed E-state index contributed by atoms with van der Waals surface area (Å²) in [4.78, 5) is 15.1. The van der Waals surface area contributed by atoms with Gasteiger partial charge in [0.1, 0.15) is 0 Å². The van der Waals surface area contributed by atoms with Crippen LogP contribution in [0, 0.1) is 6.92 Å². The average Bonchev–Trinajstić information content (AvgIpc) is 2.51. The first-order valence-corrected chi connectivity index (χ1v) is 4.76. The molecule has 5 heteroatoms. The highest BCUT2D eigenvalue weighted by molar-refractivity contribution is 7.09. The quantitative estimate of drug-likeness (QED) is 0.740. The number of thiazole rings is 1. The summed E-state index contributed by atoms with van der Waals surface area (Å²) in [5.41, 5.74) is 6.49. The molecular weight excluding hydrogens is 188 g/mol. The molecule has 0 amide bonds. The predicted octanol–water partition coefficient (Wildman–Crippen LogP) is 1.01. The van der Waals surface area contributed by atoms with E-state index in [0.29, 0.717) is 0 Å². The summed E-state index contributed by atoms with van der Waals surface area (Å²) in [6, 6.07) is -0.350. The zero-order valence-corrected chi connectivity index (χ0v) is 8.43. The third kappa shape index (κ3) is 2.78. The molecule has 0 saturated heterocycles. The lowest BCUT2D eigenvalue weighted by molar-refractivity contribution is -0.141. The first-order valence-electron chi connectivity index (χ1n) is 3.88. The molecule has 1 aromatic heterocycles. The summed E-state index contributed by atoms with van der Waals surface area (Å²) in [5.74, 6) is -0.307. The van der Waals surface area contributed by atoms with Gasteiger partial charge in [0, 0.05) is 5.38 Å². The van der Waals surface area contributed by atoms with Gasteiger partial charge in [-0.1, -0.05) is 0 Å². The number of aryl methyl sites for hydroxylation is 1. The first-order chi connectivity index (χ1) is 6.13. The van der Waals surface area contributed by atoms with Crippen molar-refractivity contribution < 1.29 is 9.53 Å². The average molecular weight is 200 g/mol. The SMILES string of the molecule is COC(=O)CC(N)c1csc(C)n1. The number of ether oxygens (including phenoxy) is 1. The van der Waals surface area contributed by atoms with Crippen molar-refractivity contribution in [3.63, 3.8) is 0 Å². The Balaban J connectivity index is 2.58. The summed E-state index contributed by atoms with van der Waals surface area (Å²) < 4.78 is 4.51. The molecule has 1 rings (SSSR count). The van der Waals surface area contributed by atoms with Gasteiger partial charge in [0.2, 0.25) is 0 Å². The molecule has 0 aliphatic carbocycles. The van der Waals surface area contributed by atoms with E-state index in [4.69, 9.17) is 5.73 Å². The van der Waals surface area contributed by atoms with Crippen LogP contribution in [0.15, 0.2) is 5.38 Å². The Morgan fingerprint density at radius 2 is 2.54 bits per heavy atom. The number of esters is 1. The van der Waals surface area contributed by atoms with Crippen molar-refractivity contribution in [3.05, 3.63) is 16.1 Å². The standard InChI is InChI=1S/C8H12N2O2S/c1-5-10-7(4-13-5)6(9)3-8(11)12-2/h4,6H,3,9H2,1-2H3. The van der Waals surface area contributed by atoms with Gasteiger partial charge in [0.15, 0.2) is 0 Å². The van der Waals surface area contributed by atoms with Crippen LogP contribution < -0.4 is 5.73 Å². The van der Waals surface area contributed by atoms with Gasteiger partial charge in [-0.15, -0.1) is 11.3 Å². The molecule has 0 radical (unpaired) electrons. The molecule has 0 bridgehead atoms. The van der Waals surface area contributed by atoms with Gasteiger partial charge in [-0.2, -0.15) is 0 Å². The molecule has 0 spiro atoms. The minimum atomic E-state index is -0.350. The van der Waals surface area contributed by atoms with Gasteiger partial charge in [0.25, 0.3) is 0 Å². The van der Waals surface area contributed by atoms with Crippen LogP contribution in [0.1, 0.15) is 23.2 Å². The summed E-state index contributed by atoms with van der Waals surface area (Å²) in [7, 11) is 1.35. The van der Waals surface area contributed by atoms with Gasteiger partial charge in [-0.05, 0) is 6.92 Å². The van der Waals surface area contributed by atoms with Crippen LogP contribution in [-0.4, -0.2) is 18.1 Å². The molecule has 0 saturated carbocycles. The number of carbonyl (C=O) groups is 1. The smallest absolute Gasteiger partial charge is 0.307 e. The van der Waals surface area contributed by atoms with E-state index in [-0.39, 0.29) is 18.4 Å². The van der Waals surface area contributed by atoms with E-state index in [1.807, 2.05) is 12.3 Å². The van der Waals surface area contributed by atoms with Gasteiger partial charge in [-0.3, -0.25) is 4.79 Å². The van der Waals surface area contributed by atoms with Crippen LogP contribution in [0.3, 0.4) is 0 Å². The Morgan fingerprint density at radius 1 is 1.85 bits per heavy atom. The molecule has 72 valence electrons. The lowest BCUT2D eigenvalue weighted by atomic mass is 10.2. The second kappa shape index (κ2) is 4.34. The number of nitrogens with zero attached hydrogens (tertiary/aromatic N) is 1. The number of rotatable bonds is 3. The third-order valence-electron chi connectivity index (χ3n) is 1.63. The molecule has 1 atom stereocenters. The van der Waals surface area contributed by atoms with Crippen molar-refractivity contribution in [2.75, 3.05) is 7.11 Å². The Kier molecular flexibility index (Phi) is 3.39. The van der Waals surface area contributed by atoms with Crippen LogP contribution >= 0.6 is 11.3 Å². The topological polar surface area (TPSA) is 65.2 Å². The highest BCUT2D eigenvalue weighted by Gasteiger charge is 2.13. The molecule has 13 heavy (non-hydrogen) atoms. The molecule has 0 aromatic carbocycles. The van der Waals surface area contributed by atoms with Crippen LogP contribution in [0.5, 0.6) is 0 Å².